The van der Waals surface area contributed by atoms with Crippen molar-refractivity contribution in [3.05, 3.63) is 29.8 Å². The molecular weight excluding hydrogens is 190 g/mol. The van der Waals surface area contributed by atoms with Crippen molar-refractivity contribution in [2.75, 3.05) is 20.7 Å². The van der Waals surface area contributed by atoms with Gasteiger partial charge in [0.15, 0.2) is 0 Å². The second-order valence-electron chi connectivity index (χ2n) is 3.37. The normalized spacial score (nSPS) is 9.80. The van der Waals surface area contributed by atoms with Crippen molar-refractivity contribution < 1.29 is 9.53 Å². The third-order valence-corrected chi connectivity index (χ3v) is 2.15. The first-order valence-electron chi connectivity index (χ1n) is 5.00. The molecule has 0 bridgehead atoms. The molecule has 0 spiro atoms. The fraction of sp³-hybridized carbons (Fsp3) is 0.417. The number of ether oxygens (including phenoxy) is 1. The number of carbonyl (C=O) groups excluding carboxylic acids is 1. The summed E-state index contributed by atoms with van der Waals surface area (Å²) in [5.74, 6) is 0.606. The number of hydrogen-bond donors (Lipinski definition) is 0. The highest BCUT2D eigenvalue weighted by molar-refractivity contribution is 5.94. The van der Waals surface area contributed by atoms with E-state index in [1.54, 1.807) is 37.3 Å². The van der Waals surface area contributed by atoms with Gasteiger partial charge >= 0.3 is 0 Å². The molecule has 0 aliphatic rings. The second kappa shape index (κ2) is 5.39. The molecule has 81 valence electrons. The zero-order valence-electron chi connectivity index (χ0n) is 9.41. The molecule has 0 aliphatic carbocycles. The van der Waals surface area contributed by atoms with E-state index in [1.165, 1.54) is 0 Å². The zero-order valence-corrected chi connectivity index (χ0v) is 9.41. The molecule has 1 rings (SSSR count). The summed E-state index contributed by atoms with van der Waals surface area (Å²) in [6.07, 6.45) is 0.957. The molecule has 0 aliphatic heterocycles. The van der Waals surface area contributed by atoms with Crippen molar-refractivity contribution in [2.45, 2.75) is 13.3 Å². The van der Waals surface area contributed by atoms with E-state index in [1.807, 2.05) is 6.92 Å². The molecule has 0 heterocycles. The van der Waals surface area contributed by atoms with Crippen molar-refractivity contribution in [1.29, 1.82) is 0 Å². The Kier molecular flexibility index (Phi) is 4.16. The van der Waals surface area contributed by atoms with Crippen LogP contribution in [0.4, 0.5) is 0 Å². The molecule has 1 radical (unpaired) electrons. The topological polar surface area (TPSA) is 29.5 Å². The molecule has 0 N–H and O–H groups in total. The number of rotatable bonds is 4. The molecule has 15 heavy (non-hydrogen) atoms. The molecule has 0 aromatic heterocycles. The molecule has 0 fully saturated rings. The highest BCUT2D eigenvalue weighted by Crippen LogP contribution is 2.13. The van der Waals surface area contributed by atoms with Gasteiger partial charge in [-0.1, -0.05) is 6.92 Å². The number of hydrogen-bond acceptors (Lipinski definition) is 2. The number of carbonyl (C=O) groups is 1. The lowest BCUT2D eigenvalue weighted by Gasteiger charge is -2.16. The summed E-state index contributed by atoms with van der Waals surface area (Å²) >= 11 is 0. The third-order valence-electron chi connectivity index (χ3n) is 2.15. The van der Waals surface area contributed by atoms with E-state index in [-0.39, 0.29) is 5.91 Å². The number of amides is 1. The molecule has 0 unspecified atom stereocenters. The maximum atomic E-state index is 11.9. The lowest BCUT2D eigenvalue weighted by atomic mass is 10.2. The summed E-state index contributed by atoms with van der Waals surface area (Å²) in [4.78, 5) is 13.6. The van der Waals surface area contributed by atoms with Gasteiger partial charge in [0.25, 0.3) is 5.91 Å². The van der Waals surface area contributed by atoms with Crippen LogP contribution in [-0.2, 0) is 0 Å². The van der Waals surface area contributed by atoms with Gasteiger partial charge in [-0.2, -0.15) is 0 Å². The monoisotopic (exact) mass is 206 g/mol. The first-order valence-corrected chi connectivity index (χ1v) is 5.00. The molecule has 1 aromatic rings. The minimum absolute atomic E-state index is 0.0177. The Hall–Kier alpha value is -1.51. The van der Waals surface area contributed by atoms with E-state index < -0.39 is 0 Å². The molecule has 3 nitrogen and oxygen atoms in total. The van der Waals surface area contributed by atoms with Crippen LogP contribution in [0.5, 0.6) is 5.75 Å². The Morgan fingerprint density at radius 1 is 1.60 bits per heavy atom. The molecule has 1 aromatic carbocycles. The Balaban J connectivity index is 2.81. The van der Waals surface area contributed by atoms with Gasteiger partial charge in [0.1, 0.15) is 5.75 Å². The number of nitrogens with zero attached hydrogens (tertiary/aromatic N) is 1. The van der Waals surface area contributed by atoms with Gasteiger partial charge < -0.3 is 9.64 Å². The Labute approximate surface area is 90.7 Å². The van der Waals surface area contributed by atoms with Crippen molar-refractivity contribution in [3.63, 3.8) is 0 Å². The zero-order chi connectivity index (χ0) is 11.3. The van der Waals surface area contributed by atoms with Crippen molar-refractivity contribution in [1.82, 2.24) is 4.90 Å². The van der Waals surface area contributed by atoms with Gasteiger partial charge in [-0.05, 0) is 24.6 Å². The van der Waals surface area contributed by atoms with Crippen LogP contribution in [0.25, 0.3) is 0 Å². The van der Waals surface area contributed by atoms with Crippen LogP contribution >= 0.6 is 0 Å². The third kappa shape index (κ3) is 2.98. The lowest BCUT2D eigenvalue weighted by molar-refractivity contribution is 0.0795. The largest absolute Gasteiger partial charge is 0.496 e. The van der Waals surface area contributed by atoms with Gasteiger partial charge in [0.2, 0.25) is 0 Å². The molecule has 0 atom stereocenters. The minimum Gasteiger partial charge on any atom is -0.496 e. The average molecular weight is 206 g/mol. The molecule has 0 saturated carbocycles. The second-order valence-corrected chi connectivity index (χ2v) is 3.37. The molecule has 3 heteroatoms. The van der Waals surface area contributed by atoms with Crippen LogP contribution in [0, 0.1) is 6.07 Å². The van der Waals surface area contributed by atoms with E-state index >= 15 is 0 Å². The highest BCUT2D eigenvalue weighted by atomic mass is 16.5. The Morgan fingerprint density at radius 3 is 2.93 bits per heavy atom. The summed E-state index contributed by atoms with van der Waals surface area (Å²) in [7, 11) is 3.37. The molecule has 0 saturated heterocycles. The first kappa shape index (κ1) is 11.6. The molecule has 1 amide bonds. The van der Waals surface area contributed by atoms with E-state index in [2.05, 4.69) is 6.07 Å². The quantitative estimate of drug-likeness (QED) is 0.753. The maximum Gasteiger partial charge on any atom is 0.253 e. The first-order chi connectivity index (χ1) is 7.19. The highest BCUT2D eigenvalue weighted by Gasteiger charge is 2.10. The van der Waals surface area contributed by atoms with E-state index in [0.29, 0.717) is 11.3 Å². The molecular formula is C12H16NO2. The van der Waals surface area contributed by atoms with Crippen LogP contribution in [-0.4, -0.2) is 31.5 Å². The average Bonchev–Trinajstić information content (AvgIpc) is 2.28. The Morgan fingerprint density at radius 2 is 2.33 bits per heavy atom. The van der Waals surface area contributed by atoms with E-state index in [0.717, 1.165) is 13.0 Å². The van der Waals surface area contributed by atoms with Gasteiger partial charge in [-0.15, -0.1) is 0 Å². The van der Waals surface area contributed by atoms with Crippen molar-refractivity contribution in [3.8, 4) is 5.75 Å². The fourth-order valence-electron chi connectivity index (χ4n) is 1.35. The Bertz CT molecular complexity index is 336. The van der Waals surface area contributed by atoms with E-state index in [9.17, 15) is 4.79 Å². The van der Waals surface area contributed by atoms with Gasteiger partial charge in [-0.25, -0.2) is 0 Å². The summed E-state index contributed by atoms with van der Waals surface area (Å²) in [6, 6.07) is 8.04. The minimum atomic E-state index is 0.0177. The SMILES string of the molecule is CCCN(C)C(=O)c1cc[c]c(OC)c1. The summed E-state index contributed by atoms with van der Waals surface area (Å²) in [5.41, 5.74) is 0.640. The van der Waals surface area contributed by atoms with Crippen LogP contribution in [0.3, 0.4) is 0 Å². The van der Waals surface area contributed by atoms with Crippen molar-refractivity contribution in [2.24, 2.45) is 0 Å². The summed E-state index contributed by atoms with van der Waals surface area (Å²) in [5, 5.41) is 0. The van der Waals surface area contributed by atoms with Crippen LogP contribution < -0.4 is 4.74 Å². The van der Waals surface area contributed by atoms with Gasteiger partial charge in [0, 0.05) is 25.2 Å². The fourth-order valence-corrected chi connectivity index (χ4v) is 1.35. The van der Waals surface area contributed by atoms with E-state index in [4.69, 9.17) is 4.74 Å². The lowest BCUT2D eigenvalue weighted by Crippen LogP contribution is -2.27. The van der Waals surface area contributed by atoms with Crippen LogP contribution in [0.1, 0.15) is 23.7 Å². The van der Waals surface area contributed by atoms with Crippen molar-refractivity contribution >= 4 is 5.91 Å². The number of benzene rings is 1. The van der Waals surface area contributed by atoms with Gasteiger partial charge in [0.05, 0.1) is 7.11 Å². The standard InChI is InChI=1S/C12H16NO2/c1-4-8-13(2)12(14)10-6-5-7-11(9-10)15-3/h5-6,9H,4,8H2,1-3H3. The summed E-state index contributed by atoms with van der Waals surface area (Å²) in [6.45, 7) is 2.81. The number of methoxy groups -OCH3 is 1. The maximum absolute atomic E-state index is 11.9. The summed E-state index contributed by atoms with van der Waals surface area (Å²) < 4.78 is 5.02. The van der Waals surface area contributed by atoms with Crippen LogP contribution in [0.15, 0.2) is 18.2 Å². The predicted octanol–water partition coefficient (Wildman–Crippen LogP) is 1.98. The smallest absolute Gasteiger partial charge is 0.253 e. The van der Waals surface area contributed by atoms with Crippen LogP contribution in [0.2, 0.25) is 0 Å². The van der Waals surface area contributed by atoms with Gasteiger partial charge in [-0.3, -0.25) is 4.79 Å². The predicted molar refractivity (Wildman–Crippen MR) is 59.1 cm³/mol.